The van der Waals surface area contributed by atoms with Gasteiger partial charge in [-0.05, 0) is 48.3 Å². The van der Waals surface area contributed by atoms with E-state index in [9.17, 15) is 9.59 Å². The summed E-state index contributed by atoms with van der Waals surface area (Å²) in [7, 11) is 0. The van der Waals surface area contributed by atoms with Gasteiger partial charge in [0.15, 0.2) is 0 Å². The Morgan fingerprint density at radius 1 is 1.19 bits per heavy atom. The smallest absolute Gasteiger partial charge is 0.321 e. The third kappa shape index (κ3) is 6.19. The van der Waals surface area contributed by atoms with E-state index in [2.05, 4.69) is 53.2 Å². The molecular formula is C21H27N3O2S. The van der Waals surface area contributed by atoms with Crippen LogP contribution in [-0.4, -0.2) is 24.5 Å². The molecule has 1 aromatic heterocycles. The van der Waals surface area contributed by atoms with Crippen molar-refractivity contribution in [3.63, 3.8) is 0 Å². The first-order valence-corrected chi connectivity index (χ1v) is 10.5. The van der Waals surface area contributed by atoms with E-state index in [-0.39, 0.29) is 24.5 Å². The average molecular weight is 386 g/mol. The summed E-state index contributed by atoms with van der Waals surface area (Å²) in [6, 6.07) is 12.4. The molecule has 1 fully saturated rings. The second-order valence-electron chi connectivity index (χ2n) is 6.97. The molecular weight excluding hydrogens is 358 g/mol. The third-order valence-corrected chi connectivity index (χ3v) is 5.53. The van der Waals surface area contributed by atoms with Crippen LogP contribution in [0.5, 0.6) is 0 Å². The molecule has 0 saturated heterocycles. The van der Waals surface area contributed by atoms with Crippen molar-refractivity contribution in [3.8, 4) is 0 Å². The molecule has 1 aliphatic rings. The minimum atomic E-state index is -0.405. The largest absolute Gasteiger partial charge is 0.335 e. The number of benzene rings is 1. The van der Waals surface area contributed by atoms with Crippen LogP contribution in [0.4, 0.5) is 4.79 Å². The van der Waals surface area contributed by atoms with Crippen LogP contribution < -0.4 is 16.0 Å². The van der Waals surface area contributed by atoms with Crippen LogP contribution in [-0.2, 0) is 11.2 Å². The van der Waals surface area contributed by atoms with Gasteiger partial charge in [0.05, 0.1) is 12.6 Å². The maximum atomic E-state index is 12.1. The molecule has 1 aromatic carbocycles. The number of unbranched alkanes of at least 4 members (excludes halogenated alkanes) is 1. The lowest BCUT2D eigenvalue weighted by atomic mass is 10.0. The molecule has 3 rings (SSSR count). The molecule has 6 heteroatoms. The van der Waals surface area contributed by atoms with Crippen molar-refractivity contribution < 1.29 is 9.59 Å². The van der Waals surface area contributed by atoms with Crippen LogP contribution in [0, 0.1) is 0 Å². The lowest BCUT2D eigenvalue weighted by Gasteiger charge is -2.18. The predicted octanol–water partition coefficient (Wildman–Crippen LogP) is 3.76. The fourth-order valence-corrected chi connectivity index (χ4v) is 3.74. The molecule has 5 nitrogen and oxygen atoms in total. The van der Waals surface area contributed by atoms with Gasteiger partial charge in [0.25, 0.3) is 0 Å². The molecule has 144 valence electrons. The summed E-state index contributed by atoms with van der Waals surface area (Å²) >= 11 is 1.65. The maximum Gasteiger partial charge on any atom is 0.321 e. The highest BCUT2D eigenvalue weighted by Crippen LogP contribution is 2.26. The topological polar surface area (TPSA) is 70.2 Å². The van der Waals surface area contributed by atoms with E-state index in [1.165, 1.54) is 18.4 Å². The number of urea groups is 1. The summed E-state index contributed by atoms with van der Waals surface area (Å²) in [6.45, 7) is 2.28. The van der Waals surface area contributed by atoms with Crippen LogP contribution >= 0.6 is 11.3 Å². The molecule has 1 aliphatic carbocycles. The second kappa shape index (κ2) is 9.67. The molecule has 0 aliphatic heterocycles. The van der Waals surface area contributed by atoms with E-state index in [4.69, 9.17) is 0 Å². The SMILES string of the molecule is CCCCc1ccc([C@H](NCC(=O)NC(=O)NC2CC2)c2cccs2)cc1. The Labute approximate surface area is 164 Å². The number of imide groups is 1. The fraction of sp³-hybridized carbons (Fsp3) is 0.429. The monoisotopic (exact) mass is 385 g/mol. The molecule has 1 heterocycles. The van der Waals surface area contributed by atoms with E-state index in [0.717, 1.165) is 29.7 Å². The molecule has 1 saturated carbocycles. The van der Waals surface area contributed by atoms with Crippen molar-refractivity contribution in [3.05, 3.63) is 57.8 Å². The quantitative estimate of drug-likeness (QED) is 0.616. The summed E-state index contributed by atoms with van der Waals surface area (Å²) in [5.41, 5.74) is 2.45. The molecule has 0 radical (unpaired) electrons. The highest BCUT2D eigenvalue weighted by Gasteiger charge is 2.24. The van der Waals surface area contributed by atoms with Crippen molar-refractivity contribution in [2.75, 3.05) is 6.54 Å². The number of hydrogen-bond acceptors (Lipinski definition) is 4. The number of aryl methyl sites for hydroxylation is 1. The van der Waals surface area contributed by atoms with Crippen LogP contribution in [0.2, 0.25) is 0 Å². The predicted molar refractivity (Wildman–Crippen MR) is 109 cm³/mol. The Morgan fingerprint density at radius 3 is 2.59 bits per heavy atom. The van der Waals surface area contributed by atoms with Crippen molar-refractivity contribution in [2.24, 2.45) is 0 Å². The Hall–Kier alpha value is -2.18. The van der Waals surface area contributed by atoms with Gasteiger partial charge < -0.3 is 5.32 Å². The van der Waals surface area contributed by atoms with E-state index in [0.29, 0.717) is 0 Å². The number of hydrogen-bond donors (Lipinski definition) is 3. The van der Waals surface area contributed by atoms with Crippen molar-refractivity contribution in [2.45, 2.75) is 51.1 Å². The number of carbonyl (C=O) groups is 2. The second-order valence-corrected chi connectivity index (χ2v) is 7.95. The average Bonchev–Trinajstić information content (AvgIpc) is 3.30. The van der Waals surface area contributed by atoms with Gasteiger partial charge in [-0.1, -0.05) is 43.7 Å². The number of amides is 3. The van der Waals surface area contributed by atoms with Gasteiger partial charge in [0.1, 0.15) is 0 Å². The molecule has 2 aromatic rings. The van der Waals surface area contributed by atoms with Gasteiger partial charge in [0, 0.05) is 10.9 Å². The number of rotatable bonds is 9. The van der Waals surface area contributed by atoms with Gasteiger partial charge in [-0.3, -0.25) is 15.4 Å². The minimum absolute atomic E-state index is 0.0672. The lowest BCUT2D eigenvalue weighted by Crippen LogP contribution is -2.44. The van der Waals surface area contributed by atoms with Gasteiger partial charge in [0.2, 0.25) is 5.91 Å². The Morgan fingerprint density at radius 2 is 1.96 bits per heavy atom. The van der Waals surface area contributed by atoms with E-state index in [1.807, 2.05) is 11.4 Å². The molecule has 0 bridgehead atoms. The van der Waals surface area contributed by atoms with Gasteiger partial charge in [-0.15, -0.1) is 11.3 Å². The summed E-state index contributed by atoms with van der Waals surface area (Å²) in [5.74, 6) is -0.325. The first kappa shape index (κ1) is 19.6. The van der Waals surface area contributed by atoms with E-state index in [1.54, 1.807) is 11.3 Å². The third-order valence-electron chi connectivity index (χ3n) is 4.59. The lowest BCUT2D eigenvalue weighted by molar-refractivity contribution is -0.119. The highest BCUT2D eigenvalue weighted by atomic mass is 32.1. The summed E-state index contributed by atoms with van der Waals surface area (Å²) in [6.07, 6.45) is 5.45. The van der Waals surface area contributed by atoms with Crippen LogP contribution in [0.1, 0.15) is 54.7 Å². The molecule has 3 N–H and O–H groups in total. The van der Waals surface area contributed by atoms with Crippen molar-refractivity contribution in [1.29, 1.82) is 0 Å². The summed E-state index contributed by atoms with van der Waals surface area (Å²) < 4.78 is 0. The highest BCUT2D eigenvalue weighted by molar-refractivity contribution is 7.10. The van der Waals surface area contributed by atoms with Gasteiger partial charge in [-0.25, -0.2) is 4.79 Å². The Balaban J connectivity index is 1.60. The molecule has 3 amide bonds. The van der Waals surface area contributed by atoms with Crippen molar-refractivity contribution in [1.82, 2.24) is 16.0 Å². The summed E-state index contributed by atoms with van der Waals surface area (Å²) in [5, 5.41) is 10.5. The van der Waals surface area contributed by atoms with Crippen LogP contribution in [0.15, 0.2) is 41.8 Å². The van der Waals surface area contributed by atoms with E-state index < -0.39 is 6.03 Å². The Bertz CT molecular complexity index is 739. The number of nitrogens with one attached hydrogen (secondary N) is 3. The molecule has 0 spiro atoms. The minimum Gasteiger partial charge on any atom is -0.335 e. The van der Waals surface area contributed by atoms with E-state index >= 15 is 0 Å². The fourth-order valence-electron chi connectivity index (χ4n) is 2.91. The number of thiophene rings is 1. The normalized spacial score (nSPS) is 14.6. The first-order valence-electron chi connectivity index (χ1n) is 9.61. The summed E-state index contributed by atoms with van der Waals surface area (Å²) in [4.78, 5) is 24.9. The zero-order chi connectivity index (χ0) is 19.1. The zero-order valence-electron chi connectivity index (χ0n) is 15.7. The van der Waals surface area contributed by atoms with Crippen LogP contribution in [0.25, 0.3) is 0 Å². The number of carbonyl (C=O) groups excluding carboxylic acids is 2. The molecule has 0 unspecified atom stereocenters. The first-order chi connectivity index (χ1) is 13.2. The van der Waals surface area contributed by atoms with Gasteiger partial charge in [-0.2, -0.15) is 0 Å². The zero-order valence-corrected chi connectivity index (χ0v) is 16.5. The van der Waals surface area contributed by atoms with Gasteiger partial charge >= 0.3 is 6.03 Å². The standard InChI is InChI=1S/C21H27N3O2S/c1-2-3-5-15-7-9-16(10-8-15)20(18-6-4-13-27-18)22-14-19(25)24-21(26)23-17-11-12-17/h4,6-10,13,17,20,22H,2-3,5,11-12,14H2,1H3,(H2,23,24,25,26)/t20-/m0/s1. The molecule has 1 atom stereocenters. The van der Waals surface area contributed by atoms with Crippen LogP contribution in [0.3, 0.4) is 0 Å². The van der Waals surface area contributed by atoms with Crippen molar-refractivity contribution >= 4 is 23.3 Å². The molecule has 27 heavy (non-hydrogen) atoms. The maximum absolute atomic E-state index is 12.1. The Kier molecular flexibility index (Phi) is 7.01.